The van der Waals surface area contributed by atoms with Crippen molar-refractivity contribution in [2.24, 2.45) is 0 Å². The van der Waals surface area contributed by atoms with Crippen LogP contribution in [0.25, 0.3) is 0 Å². The average Bonchev–Trinajstić information content (AvgIpc) is 2.96. The van der Waals surface area contributed by atoms with E-state index < -0.39 is 10.0 Å². The molecule has 0 aliphatic carbocycles. The number of nitrogens with one attached hydrogen (secondary N) is 1. The van der Waals surface area contributed by atoms with E-state index in [-0.39, 0.29) is 22.1 Å². The molecule has 1 amide bonds. The number of carbonyl (C=O) groups excluding carboxylic acids is 1. The number of anilines is 2. The predicted octanol–water partition coefficient (Wildman–Crippen LogP) is 3.65. The Labute approximate surface area is 157 Å². The highest BCUT2D eigenvalue weighted by Crippen LogP contribution is 2.40. The van der Waals surface area contributed by atoms with Crippen LogP contribution in [0.5, 0.6) is 0 Å². The van der Waals surface area contributed by atoms with Crippen molar-refractivity contribution in [2.75, 3.05) is 9.62 Å². The fraction of sp³-hybridized carbons (Fsp3) is 0.316. The van der Waals surface area contributed by atoms with E-state index in [2.05, 4.69) is 5.32 Å². The Bertz CT molecular complexity index is 988. The first-order chi connectivity index (χ1) is 12.4. The number of thioether (sulfide) groups is 1. The number of nitrogens with zero attached hydrogens (tertiary/aromatic N) is 1. The van der Waals surface area contributed by atoms with Crippen LogP contribution in [0.2, 0.25) is 0 Å². The number of hydrogen-bond donors (Lipinski definition) is 1. The lowest BCUT2D eigenvalue weighted by Crippen LogP contribution is -2.36. The summed E-state index contributed by atoms with van der Waals surface area (Å²) in [6, 6.07) is 12.5. The molecule has 0 saturated heterocycles. The molecule has 2 atom stereocenters. The molecule has 2 aliphatic rings. The molecule has 1 N–H and O–H groups in total. The highest BCUT2D eigenvalue weighted by atomic mass is 32.2. The van der Waals surface area contributed by atoms with Crippen molar-refractivity contribution in [1.82, 2.24) is 0 Å². The molecule has 2 aliphatic heterocycles. The van der Waals surface area contributed by atoms with Crippen LogP contribution in [0.4, 0.5) is 11.4 Å². The van der Waals surface area contributed by atoms with Gasteiger partial charge in [0.05, 0.1) is 21.5 Å². The molecule has 0 aromatic heterocycles. The summed E-state index contributed by atoms with van der Waals surface area (Å²) in [7, 11) is -3.70. The molecular weight excluding hydrogens is 368 g/mol. The Morgan fingerprint density at radius 3 is 2.77 bits per heavy atom. The van der Waals surface area contributed by atoms with Crippen molar-refractivity contribution in [1.29, 1.82) is 0 Å². The van der Waals surface area contributed by atoms with Gasteiger partial charge in [0, 0.05) is 10.9 Å². The van der Waals surface area contributed by atoms with Gasteiger partial charge in [0.25, 0.3) is 10.0 Å². The second kappa shape index (κ2) is 6.32. The molecule has 0 bridgehead atoms. The van der Waals surface area contributed by atoms with E-state index in [9.17, 15) is 13.2 Å². The van der Waals surface area contributed by atoms with Crippen LogP contribution in [-0.2, 0) is 21.2 Å². The topological polar surface area (TPSA) is 66.5 Å². The van der Waals surface area contributed by atoms with E-state index >= 15 is 0 Å². The monoisotopic (exact) mass is 388 g/mol. The Balaban J connectivity index is 1.74. The minimum absolute atomic E-state index is 0.0700. The molecule has 2 aromatic rings. The third-order valence-corrected chi connectivity index (χ3v) is 8.21. The fourth-order valence-corrected chi connectivity index (χ4v) is 6.32. The molecule has 26 heavy (non-hydrogen) atoms. The Morgan fingerprint density at radius 2 is 2.00 bits per heavy atom. The predicted molar refractivity (Wildman–Crippen MR) is 104 cm³/mol. The first-order valence-electron chi connectivity index (χ1n) is 8.65. The quantitative estimate of drug-likeness (QED) is 0.872. The van der Waals surface area contributed by atoms with Gasteiger partial charge in [0.2, 0.25) is 5.91 Å². The van der Waals surface area contributed by atoms with Crippen molar-refractivity contribution in [3.05, 3.63) is 48.0 Å². The highest BCUT2D eigenvalue weighted by molar-refractivity contribution is 8.01. The van der Waals surface area contributed by atoms with Crippen molar-refractivity contribution in [3.8, 4) is 0 Å². The lowest BCUT2D eigenvalue weighted by molar-refractivity contribution is -0.115. The highest BCUT2D eigenvalue weighted by Gasteiger charge is 2.36. The Morgan fingerprint density at radius 1 is 1.23 bits per heavy atom. The van der Waals surface area contributed by atoms with Gasteiger partial charge in [0.15, 0.2) is 0 Å². The van der Waals surface area contributed by atoms with Crippen LogP contribution < -0.4 is 9.62 Å². The van der Waals surface area contributed by atoms with E-state index in [0.29, 0.717) is 12.1 Å². The van der Waals surface area contributed by atoms with Crippen LogP contribution >= 0.6 is 11.8 Å². The maximum Gasteiger partial charge on any atom is 0.264 e. The molecule has 4 rings (SSSR count). The van der Waals surface area contributed by atoms with Gasteiger partial charge in [-0.1, -0.05) is 25.1 Å². The minimum Gasteiger partial charge on any atom is -0.324 e. The first-order valence-corrected chi connectivity index (χ1v) is 11.0. The van der Waals surface area contributed by atoms with Crippen molar-refractivity contribution in [3.63, 3.8) is 0 Å². The van der Waals surface area contributed by atoms with Gasteiger partial charge < -0.3 is 5.32 Å². The fourth-order valence-electron chi connectivity index (χ4n) is 3.58. The largest absolute Gasteiger partial charge is 0.324 e. The molecule has 7 heteroatoms. The number of fused-ring (bicyclic) bond motifs is 2. The lowest BCUT2D eigenvalue weighted by atomic mass is 10.1. The molecule has 0 spiro atoms. The molecular formula is C19H20N2O3S2. The third-order valence-electron chi connectivity index (χ3n) is 4.84. The second-order valence-electron chi connectivity index (χ2n) is 6.64. The third kappa shape index (κ3) is 2.70. The zero-order chi connectivity index (χ0) is 18.5. The van der Waals surface area contributed by atoms with Gasteiger partial charge >= 0.3 is 0 Å². The first kappa shape index (κ1) is 17.4. The number of carbonyl (C=O) groups is 1. The zero-order valence-electron chi connectivity index (χ0n) is 14.6. The van der Waals surface area contributed by atoms with E-state index in [4.69, 9.17) is 0 Å². The molecule has 136 valence electrons. The average molecular weight is 389 g/mol. The SMILES string of the molecule is CCC1Sc2ccc(S(=O)(=O)N3c4ccccc4CC3C)cc2NC1=O. The number of hydrogen-bond acceptors (Lipinski definition) is 4. The van der Waals surface area contributed by atoms with Gasteiger partial charge in [-0.2, -0.15) is 0 Å². The van der Waals surface area contributed by atoms with E-state index in [1.165, 1.54) is 16.1 Å². The molecule has 0 fully saturated rings. The Kier molecular flexibility index (Phi) is 4.23. The minimum atomic E-state index is -3.70. The summed E-state index contributed by atoms with van der Waals surface area (Å²) < 4.78 is 28.1. The van der Waals surface area contributed by atoms with Crippen molar-refractivity contribution >= 4 is 39.1 Å². The number of amides is 1. The van der Waals surface area contributed by atoms with Gasteiger partial charge in [-0.3, -0.25) is 9.10 Å². The summed E-state index contributed by atoms with van der Waals surface area (Å²) in [5.74, 6) is -0.0700. The summed E-state index contributed by atoms with van der Waals surface area (Å²) >= 11 is 1.49. The zero-order valence-corrected chi connectivity index (χ0v) is 16.2. The molecule has 5 nitrogen and oxygen atoms in total. The van der Waals surface area contributed by atoms with Gasteiger partial charge in [-0.15, -0.1) is 11.8 Å². The molecule has 2 heterocycles. The smallest absolute Gasteiger partial charge is 0.264 e. The summed E-state index contributed by atoms with van der Waals surface area (Å²) in [6.07, 6.45) is 1.43. The Hall–Kier alpha value is -1.99. The maximum absolute atomic E-state index is 13.3. The lowest BCUT2D eigenvalue weighted by Gasteiger charge is -2.27. The van der Waals surface area contributed by atoms with Gasteiger partial charge in [0.1, 0.15) is 0 Å². The summed E-state index contributed by atoms with van der Waals surface area (Å²) in [5.41, 5.74) is 2.35. The second-order valence-corrected chi connectivity index (χ2v) is 9.70. The summed E-state index contributed by atoms with van der Waals surface area (Å²) in [4.78, 5) is 13.2. The number of para-hydroxylation sites is 1. The van der Waals surface area contributed by atoms with Crippen LogP contribution in [0.1, 0.15) is 25.8 Å². The van der Waals surface area contributed by atoms with E-state index in [0.717, 1.165) is 22.6 Å². The van der Waals surface area contributed by atoms with Crippen LogP contribution in [0.3, 0.4) is 0 Å². The van der Waals surface area contributed by atoms with E-state index in [1.807, 2.05) is 38.1 Å². The molecule has 2 aromatic carbocycles. The molecule has 2 unspecified atom stereocenters. The number of rotatable bonds is 3. The maximum atomic E-state index is 13.3. The van der Waals surface area contributed by atoms with Gasteiger partial charge in [-0.25, -0.2) is 8.42 Å². The van der Waals surface area contributed by atoms with Crippen LogP contribution in [0, 0.1) is 0 Å². The molecule has 0 radical (unpaired) electrons. The van der Waals surface area contributed by atoms with Gasteiger partial charge in [-0.05, 0) is 49.6 Å². The normalized spacial score (nSPS) is 21.9. The number of benzene rings is 2. The van der Waals surface area contributed by atoms with Crippen LogP contribution in [0.15, 0.2) is 52.3 Å². The summed E-state index contributed by atoms with van der Waals surface area (Å²) in [5, 5.41) is 2.72. The van der Waals surface area contributed by atoms with Crippen molar-refractivity contribution in [2.45, 2.75) is 47.8 Å². The van der Waals surface area contributed by atoms with E-state index in [1.54, 1.807) is 18.2 Å². The van der Waals surface area contributed by atoms with Crippen LogP contribution in [-0.4, -0.2) is 25.6 Å². The summed E-state index contributed by atoms with van der Waals surface area (Å²) in [6.45, 7) is 3.88. The van der Waals surface area contributed by atoms with Crippen molar-refractivity contribution < 1.29 is 13.2 Å². The standard InChI is InChI=1S/C19H20N2O3S2/c1-3-17-19(22)20-15-11-14(8-9-18(15)25-17)26(23,24)21-12(2)10-13-6-4-5-7-16(13)21/h4-9,11-12,17H,3,10H2,1-2H3,(H,20,22). The number of sulfonamides is 1. The molecule has 0 saturated carbocycles.